The number of hydrogen-bond donors (Lipinski definition) is 2. The number of benzene rings is 2. The molecule has 0 bridgehead atoms. The molecular weight excluding hydrogens is 306 g/mol. The Morgan fingerprint density at radius 3 is 2.46 bits per heavy atom. The highest BCUT2D eigenvalue weighted by molar-refractivity contribution is 6.03. The predicted molar refractivity (Wildman–Crippen MR) is 91.7 cm³/mol. The number of amides is 2. The monoisotopic (exact) mass is 323 g/mol. The number of hydrogen-bond acceptors (Lipinski definition) is 4. The van der Waals surface area contributed by atoms with Gasteiger partial charge in [0, 0.05) is 30.0 Å². The lowest BCUT2D eigenvalue weighted by atomic mass is 10.1. The summed E-state index contributed by atoms with van der Waals surface area (Å²) in [6.45, 7) is 1.74. The SMILES string of the molecule is Cc1cc(NC(=O)CCC(=O)Nc2cccc3ccccc23)no1. The number of nitrogens with one attached hydrogen (secondary N) is 2. The third-order valence-corrected chi connectivity index (χ3v) is 3.54. The molecule has 122 valence electrons. The van der Waals surface area contributed by atoms with Gasteiger partial charge in [0.15, 0.2) is 5.82 Å². The van der Waals surface area contributed by atoms with Crippen molar-refractivity contribution in [2.75, 3.05) is 10.6 Å². The van der Waals surface area contributed by atoms with Gasteiger partial charge in [-0.1, -0.05) is 41.6 Å². The van der Waals surface area contributed by atoms with Gasteiger partial charge < -0.3 is 15.2 Å². The maximum atomic E-state index is 12.1. The molecule has 6 nitrogen and oxygen atoms in total. The molecule has 0 radical (unpaired) electrons. The minimum Gasteiger partial charge on any atom is -0.360 e. The molecule has 1 aromatic heterocycles. The van der Waals surface area contributed by atoms with E-state index in [-0.39, 0.29) is 24.7 Å². The second kappa shape index (κ2) is 6.95. The first kappa shape index (κ1) is 15.7. The molecule has 0 saturated heterocycles. The highest BCUT2D eigenvalue weighted by Gasteiger charge is 2.10. The van der Waals surface area contributed by atoms with Crippen molar-refractivity contribution < 1.29 is 14.1 Å². The van der Waals surface area contributed by atoms with E-state index >= 15 is 0 Å². The molecule has 3 aromatic rings. The lowest BCUT2D eigenvalue weighted by Crippen LogP contribution is -2.17. The first-order valence-electron chi connectivity index (χ1n) is 7.62. The molecule has 2 amide bonds. The number of nitrogens with zero attached hydrogens (tertiary/aromatic N) is 1. The van der Waals surface area contributed by atoms with Crippen molar-refractivity contribution >= 4 is 34.1 Å². The summed E-state index contributed by atoms with van der Waals surface area (Å²) >= 11 is 0. The van der Waals surface area contributed by atoms with Gasteiger partial charge >= 0.3 is 0 Å². The Kier molecular flexibility index (Phi) is 4.56. The van der Waals surface area contributed by atoms with Gasteiger partial charge in [0.25, 0.3) is 0 Å². The number of carbonyl (C=O) groups excluding carboxylic acids is 2. The lowest BCUT2D eigenvalue weighted by Gasteiger charge is -2.08. The molecule has 2 N–H and O–H groups in total. The van der Waals surface area contributed by atoms with Gasteiger partial charge in [0.05, 0.1) is 0 Å². The molecule has 24 heavy (non-hydrogen) atoms. The van der Waals surface area contributed by atoms with Crippen LogP contribution in [0.1, 0.15) is 18.6 Å². The van der Waals surface area contributed by atoms with Gasteiger partial charge in [-0.25, -0.2) is 0 Å². The summed E-state index contributed by atoms with van der Waals surface area (Å²) < 4.78 is 4.87. The minimum atomic E-state index is -0.281. The van der Waals surface area contributed by atoms with Crippen LogP contribution in [0.4, 0.5) is 11.5 Å². The summed E-state index contributed by atoms with van der Waals surface area (Å²) in [5.74, 6) is 0.472. The van der Waals surface area contributed by atoms with Gasteiger partial charge in [0.1, 0.15) is 5.76 Å². The van der Waals surface area contributed by atoms with Crippen molar-refractivity contribution in [1.29, 1.82) is 0 Å². The van der Waals surface area contributed by atoms with Crippen LogP contribution in [0.25, 0.3) is 10.8 Å². The third-order valence-electron chi connectivity index (χ3n) is 3.54. The Bertz CT molecular complexity index is 881. The first-order chi connectivity index (χ1) is 11.6. The summed E-state index contributed by atoms with van der Waals surface area (Å²) in [5, 5.41) is 11.1. The summed E-state index contributed by atoms with van der Waals surface area (Å²) in [4.78, 5) is 23.9. The number of aryl methyl sites for hydroxylation is 1. The smallest absolute Gasteiger partial charge is 0.226 e. The normalized spacial score (nSPS) is 10.5. The van der Waals surface area contributed by atoms with Gasteiger partial charge in [-0.2, -0.15) is 0 Å². The van der Waals surface area contributed by atoms with E-state index in [9.17, 15) is 9.59 Å². The number of aromatic nitrogens is 1. The summed E-state index contributed by atoms with van der Waals surface area (Å²) in [6, 6.07) is 15.1. The summed E-state index contributed by atoms with van der Waals surface area (Å²) in [6.07, 6.45) is 0.161. The van der Waals surface area contributed by atoms with E-state index in [0.29, 0.717) is 11.6 Å². The van der Waals surface area contributed by atoms with Crippen LogP contribution >= 0.6 is 0 Å². The zero-order valence-corrected chi connectivity index (χ0v) is 13.2. The van der Waals surface area contributed by atoms with Crippen LogP contribution in [0.5, 0.6) is 0 Å². The molecule has 3 rings (SSSR count). The molecule has 0 atom stereocenters. The van der Waals surface area contributed by atoms with E-state index in [1.165, 1.54) is 0 Å². The molecule has 0 spiro atoms. The van der Waals surface area contributed by atoms with Crippen LogP contribution in [-0.2, 0) is 9.59 Å². The van der Waals surface area contributed by atoms with Gasteiger partial charge in [-0.3, -0.25) is 9.59 Å². The molecule has 0 aliphatic rings. The van der Waals surface area contributed by atoms with Crippen molar-refractivity contribution in [1.82, 2.24) is 5.16 Å². The topological polar surface area (TPSA) is 84.2 Å². The van der Waals surface area contributed by atoms with Crippen molar-refractivity contribution in [3.8, 4) is 0 Å². The standard InChI is InChI=1S/C18H17N3O3/c1-12-11-16(21-24-12)20-18(23)10-9-17(22)19-15-8-4-6-13-5-2-3-7-14(13)15/h2-8,11H,9-10H2,1H3,(H,19,22)(H,20,21,23). The van der Waals surface area contributed by atoms with Gasteiger partial charge in [-0.05, 0) is 18.4 Å². The maximum absolute atomic E-state index is 12.1. The average molecular weight is 323 g/mol. The van der Waals surface area contributed by atoms with Crippen molar-refractivity contribution in [3.63, 3.8) is 0 Å². The number of anilines is 2. The Morgan fingerprint density at radius 2 is 1.71 bits per heavy atom. The van der Waals surface area contributed by atoms with Crippen LogP contribution in [0.3, 0.4) is 0 Å². The van der Waals surface area contributed by atoms with Crippen LogP contribution in [-0.4, -0.2) is 17.0 Å². The fourth-order valence-corrected chi connectivity index (χ4v) is 2.40. The van der Waals surface area contributed by atoms with E-state index in [4.69, 9.17) is 4.52 Å². The van der Waals surface area contributed by atoms with Gasteiger partial charge in [0.2, 0.25) is 11.8 Å². The minimum absolute atomic E-state index is 0.0719. The van der Waals surface area contributed by atoms with Crippen molar-refractivity contribution in [2.24, 2.45) is 0 Å². The fourth-order valence-electron chi connectivity index (χ4n) is 2.40. The Morgan fingerprint density at radius 1 is 1.00 bits per heavy atom. The molecule has 2 aromatic carbocycles. The zero-order chi connectivity index (χ0) is 16.9. The second-order valence-corrected chi connectivity index (χ2v) is 5.45. The van der Waals surface area contributed by atoms with E-state index in [2.05, 4.69) is 15.8 Å². The molecule has 1 heterocycles. The average Bonchev–Trinajstić information content (AvgIpc) is 2.98. The summed E-state index contributed by atoms with van der Waals surface area (Å²) in [7, 11) is 0. The highest BCUT2D eigenvalue weighted by Crippen LogP contribution is 2.23. The number of carbonyl (C=O) groups is 2. The molecule has 0 saturated carbocycles. The third kappa shape index (κ3) is 3.78. The lowest BCUT2D eigenvalue weighted by molar-refractivity contribution is -0.121. The van der Waals surface area contributed by atoms with Gasteiger partial charge in [-0.15, -0.1) is 0 Å². The molecule has 6 heteroatoms. The first-order valence-corrected chi connectivity index (χ1v) is 7.62. The zero-order valence-electron chi connectivity index (χ0n) is 13.2. The molecule has 0 fully saturated rings. The maximum Gasteiger partial charge on any atom is 0.226 e. The number of rotatable bonds is 5. The van der Waals surface area contributed by atoms with E-state index in [1.54, 1.807) is 13.0 Å². The van der Waals surface area contributed by atoms with Crippen molar-refractivity contribution in [3.05, 3.63) is 54.3 Å². The second-order valence-electron chi connectivity index (χ2n) is 5.45. The number of fused-ring (bicyclic) bond motifs is 1. The quantitative estimate of drug-likeness (QED) is 0.752. The molecule has 0 aliphatic heterocycles. The Labute approximate surface area is 138 Å². The van der Waals surface area contributed by atoms with Crippen LogP contribution in [0.15, 0.2) is 53.1 Å². The predicted octanol–water partition coefficient (Wildman–Crippen LogP) is 3.49. The summed E-state index contributed by atoms with van der Waals surface area (Å²) in [5.41, 5.74) is 0.741. The van der Waals surface area contributed by atoms with Crippen LogP contribution < -0.4 is 10.6 Å². The highest BCUT2D eigenvalue weighted by atomic mass is 16.5. The Hall–Kier alpha value is -3.15. The van der Waals surface area contributed by atoms with E-state index in [1.807, 2.05) is 42.5 Å². The van der Waals surface area contributed by atoms with Crippen molar-refractivity contribution in [2.45, 2.75) is 19.8 Å². The van der Waals surface area contributed by atoms with Crippen LogP contribution in [0.2, 0.25) is 0 Å². The fraction of sp³-hybridized carbons (Fsp3) is 0.167. The van der Waals surface area contributed by atoms with Crippen LogP contribution in [0, 0.1) is 6.92 Å². The molecule has 0 aliphatic carbocycles. The molecular formula is C18H17N3O3. The largest absolute Gasteiger partial charge is 0.360 e. The van der Waals surface area contributed by atoms with E-state index < -0.39 is 0 Å². The molecule has 0 unspecified atom stereocenters. The van der Waals surface area contributed by atoms with E-state index in [0.717, 1.165) is 16.5 Å². The Balaban J connectivity index is 1.56.